The maximum Gasteiger partial charge on any atom is 0.0193 e. The summed E-state index contributed by atoms with van der Waals surface area (Å²) < 4.78 is 0. The molecule has 0 saturated carbocycles. The summed E-state index contributed by atoms with van der Waals surface area (Å²) in [6, 6.07) is 0.825. The molecule has 1 rings (SSSR count). The average Bonchev–Trinajstić information content (AvgIpc) is 2.62. The molecule has 1 aliphatic rings. The van der Waals surface area contributed by atoms with Gasteiger partial charge in [0.25, 0.3) is 0 Å². The molecule has 58 valence electrons. The van der Waals surface area contributed by atoms with Crippen LogP contribution in [0.3, 0.4) is 0 Å². The van der Waals surface area contributed by atoms with Crippen LogP contribution in [0.25, 0.3) is 0 Å². The Morgan fingerprint density at radius 1 is 1.80 bits per heavy atom. The maximum atomic E-state index is 5.47. The lowest BCUT2D eigenvalue weighted by atomic mass is 10.2. The van der Waals surface area contributed by atoms with Crippen LogP contribution in [-0.4, -0.2) is 12.6 Å². The van der Waals surface area contributed by atoms with Crippen molar-refractivity contribution in [3.63, 3.8) is 0 Å². The van der Waals surface area contributed by atoms with Crippen molar-refractivity contribution in [3.05, 3.63) is 11.8 Å². The predicted octanol–water partition coefficient (Wildman–Crippen LogP) is 0.991. The van der Waals surface area contributed by atoms with Crippen LogP contribution in [0.2, 0.25) is 0 Å². The van der Waals surface area contributed by atoms with Gasteiger partial charge in [-0.15, -0.1) is 0 Å². The molecule has 0 amide bonds. The topological polar surface area (TPSA) is 48.0 Å². The largest absolute Gasteiger partial charge is 0.403 e. The molecule has 1 atom stereocenters. The zero-order valence-electron chi connectivity index (χ0n) is 6.56. The highest BCUT2D eigenvalue weighted by Gasteiger charge is 2.17. The van der Waals surface area contributed by atoms with Gasteiger partial charge in [-0.3, -0.25) is 0 Å². The Bertz CT molecular complexity index is 121. The molecule has 0 aromatic heterocycles. The van der Waals surface area contributed by atoms with E-state index in [1.165, 1.54) is 19.4 Å². The summed E-state index contributed by atoms with van der Waals surface area (Å²) in [5.74, 6) is 0. The molecule has 0 aromatic rings. The van der Waals surface area contributed by atoms with Crippen molar-refractivity contribution in [2.24, 2.45) is 5.73 Å². The minimum Gasteiger partial charge on any atom is -0.403 e. The minimum absolute atomic E-state index is 0.825. The lowest BCUT2D eigenvalue weighted by molar-refractivity contribution is 0.732. The predicted molar refractivity (Wildman–Crippen MR) is 43.6 cm³/mol. The molecule has 1 aliphatic heterocycles. The number of nitrogens with two attached hydrogens (primary N) is 1. The summed E-state index contributed by atoms with van der Waals surface area (Å²) in [5.41, 5.74) is 6.42. The lowest BCUT2D eigenvalue weighted by Crippen LogP contribution is -1.92. The van der Waals surface area contributed by atoms with Crippen LogP contribution in [0.5, 0.6) is 0 Å². The third-order valence-electron chi connectivity index (χ3n) is 1.72. The monoisotopic (exact) mass is 140 g/mol. The standard InChI is InChI=1S/C8H16N2/c1-7(9)4-2-3-5-8-6-10-8/h4,8,10H,2-3,5-6,9H2,1H3/b7-4-. The van der Waals surface area contributed by atoms with Crippen molar-refractivity contribution in [3.8, 4) is 0 Å². The number of hydrogen-bond donors (Lipinski definition) is 2. The van der Waals surface area contributed by atoms with Gasteiger partial charge < -0.3 is 11.1 Å². The summed E-state index contributed by atoms with van der Waals surface area (Å²) in [4.78, 5) is 0. The molecule has 10 heavy (non-hydrogen) atoms. The first kappa shape index (κ1) is 7.61. The molecular weight excluding hydrogens is 124 g/mol. The average molecular weight is 140 g/mol. The second-order valence-electron chi connectivity index (χ2n) is 2.98. The van der Waals surface area contributed by atoms with E-state index in [0.717, 1.165) is 18.2 Å². The molecule has 2 nitrogen and oxygen atoms in total. The summed E-state index contributed by atoms with van der Waals surface area (Å²) in [6.45, 7) is 3.17. The molecule has 2 heteroatoms. The van der Waals surface area contributed by atoms with Gasteiger partial charge >= 0.3 is 0 Å². The first-order valence-electron chi connectivity index (χ1n) is 3.94. The van der Waals surface area contributed by atoms with Crippen LogP contribution in [0, 0.1) is 0 Å². The highest BCUT2D eigenvalue weighted by atomic mass is 15.1. The molecule has 3 N–H and O–H groups in total. The smallest absolute Gasteiger partial charge is 0.0193 e. The van der Waals surface area contributed by atoms with Gasteiger partial charge in [0.1, 0.15) is 0 Å². The third kappa shape index (κ3) is 3.51. The highest BCUT2D eigenvalue weighted by molar-refractivity contribution is 4.92. The Labute approximate surface area is 62.5 Å². The molecule has 1 unspecified atom stereocenters. The number of hydrogen-bond acceptors (Lipinski definition) is 2. The van der Waals surface area contributed by atoms with Gasteiger partial charge in [-0.25, -0.2) is 0 Å². The van der Waals surface area contributed by atoms with Gasteiger partial charge in [0.2, 0.25) is 0 Å². The summed E-state index contributed by atoms with van der Waals surface area (Å²) in [7, 11) is 0. The molecule has 0 spiro atoms. The summed E-state index contributed by atoms with van der Waals surface area (Å²) in [6.07, 6.45) is 5.82. The zero-order chi connectivity index (χ0) is 7.40. The van der Waals surface area contributed by atoms with Gasteiger partial charge in [0.05, 0.1) is 0 Å². The molecule has 1 saturated heterocycles. The Balaban J connectivity index is 1.89. The second-order valence-corrected chi connectivity index (χ2v) is 2.98. The summed E-state index contributed by atoms with van der Waals surface area (Å²) in [5, 5.41) is 3.27. The molecule has 0 aromatic carbocycles. The molecule has 1 heterocycles. The van der Waals surface area contributed by atoms with E-state index in [1.807, 2.05) is 6.92 Å². The Kier molecular flexibility index (Phi) is 2.75. The second kappa shape index (κ2) is 3.62. The fourth-order valence-electron chi connectivity index (χ4n) is 0.981. The van der Waals surface area contributed by atoms with Crippen LogP contribution in [0.1, 0.15) is 26.2 Å². The Morgan fingerprint density at radius 3 is 3.00 bits per heavy atom. The number of unbranched alkanes of at least 4 members (excludes halogenated alkanes) is 1. The Morgan fingerprint density at radius 2 is 2.50 bits per heavy atom. The number of nitrogens with one attached hydrogen (secondary N) is 1. The first-order chi connectivity index (χ1) is 4.79. The van der Waals surface area contributed by atoms with Crippen molar-refractivity contribution >= 4 is 0 Å². The van der Waals surface area contributed by atoms with E-state index in [0.29, 0.717) is 0 Å². The van der Waals surface area contributed by atoms with Gasteiger partial charge in [0, 0.05) is 18.3 Å². The molecular formula is C8H16N2. The molecule has 1 fully saturated rings. The minimum atomic E-state index is 0.825. The molecule has 0 aliphatic carbocycles. The highest BCUT2D eigenvalue weighted by Crippen LogP contribution is 2.08. The van der Waals surface area contributed by atoms with Gasteiger partial charge in [-0.1, -0.05) is 6.08 Å². The van der Waals surface area contributed by atoms with Crippen molar-refractivity contribution in [2.45, 2.75) is 32.2 Å². The van der Waals surface area contributed by atoms with Crippen LogP contribution < -0.4 is 11.1 Å². The van der Waals surface area contributed by atoms with E-state index in [1.54, 1.807) is 0 Å². The third-order valence-corrected chi connectivity index (χ3v) is 1.72. The van der Waals surface area contributed by atoms with Gasteiger partial charge in [0.15, 0.2) is 0 Å². The van der Waals surface area contributed by atoms with Crippen molar-refractivity contribution in [1.82, 2.24) is 5.32 Å². The van der Waals surface area contributed by atoms with E-state index < -0.39 is 0 Å². The van der Waals surface area contributed by atoms with Crippen LogP contribution in [-0.2, 0) is 0 Å². The fourth-order valence-corrected chi connectivity index (χ4v) is 0.981. The van der Waals surface area contributed by atoms with Crippen molar-refractivity contribution in [1.29, 1.82) is 0 Å². The summed E-state index contributed by atoms with van der Waals surface area (Å²) >= 11 is 0. The van der Waals surface area contributed by atoms with Gasteiger partial charge in [-0.2, -0.15) is 0 Å². The zero-order valence-corrected chi connectivity index (χ0v) is 6.56. The van der Waals surface area contributed by atoms with E-state index in [9.17, 15) is 0 Å². The fraction of sp³-hybridized carbons (Fsp3) is 0.750. The van der Waals surface area contributed by atoms with E-state index in [-0.39, 0.29) is 0 Å². The number of allylic oxidation sites excluding steroid dienone is 2. The number of rotatable bonds is 4. The molecule has 0 radical (unpaired) electrons. The van der Waals surface area contributed by atoms with E-state index >= 15 is 0 Å². The maximum absolute atomic E-state index is 5.47. The van der Waals surface area contributed by atoms with Crippen LogP contribution in [0.4, 0.5) is 0 Å². The van der Waals surface area contributed by atoms with Crippen LogP contribution in [0.15, 0.2) is 11.8 Å². The lowest BCUT2D eigenvalue weighted by Gasteiger charge is -1.93. The van der Waals surface area contributed by atoms with E-state index in [2.05, 4.69) is 11.4 Å². The molecule has 0 bridgehead atoms. The van der Waals surface area contributed by atoms with Gasteiger partial charge in [-0.05, 0) is 26.2 Å². The first-order valence-corrected chi connectivity index (χ1v) is 3.94. The Hall–Kier alpha value is -0.500. The normalized spacial score (nSPS) is 24.9. The van der Waals surface area contributed by atoms with E-state index in [4.69, 9.17) is 5.73 Å². The SMILES string of the molecule is C/C(N)=C/CCCC1CN1. The van der Waals surface area contributed by atoms with Crippen molar-refractivity contribution in [2.75, 3.05) is 6.54 Å². The quantitative estimate of drug-likeness (QED) is 0.452. The van der Waals surface area contributed by atoms with Crippen molar-refractivity contribution < 1.29 is 0 Å². The van der Waals surface area contributed by atoms with Crippen LogP contribution >= 0.6 is 0 Å².